The molecule has 0 aliphatic carbocycles. The van der Waals surface area contributed by atoms with Gasteiger partial charge >= 0.3 is 6.18 Å². The van der Waals surface area contributed by atoms with Gasteiger partial charge in [-0.1, -0.05) is 53.5 Å². The van der Waals surface area contributed by atoms with Crippen LogP contribution in [0.15, 0.2) is 30.3 Å². The summed E-state index contributed by atoms with van der Waals surface area (Å²) < 4.78 is 39.3. The first kappa shape index (κ1) is 15.0. The molecule has 0 aliphatic heterocycles. The number of alkyl halides is 5. The Kier molecular flexibility index (Phi) is 3.65. The molecule has 0 fully saturated rings. The third-order valence-electron chi connectivity index (χ3n) is 2.71. The first-order chi connectivity index (χ1) is 10.4. The predicted octanol–water partition coefficient (Wildman–Crippen LogP) is 3.68. The molecule has 0 saturated heterocycles. The monoisotopic (exact) mass is 347 g/mol. The lowest BCUT2D eigenvalue weighted by Gasteiger charge is -2.06. The van der Waals surface area contributed by atoms with E-state index in [1.807, 2.05) is 0 Å². The Morgan fingerprint density at radius 3 is 2.27 bits per heavy atom. The second-order valence-corrected chi connectivity index (χ2v) is 5.31. The maximum absolute atomic E-state index is 12.8. The number of hydrogen-bond donors (Lipinski definition) is 0. The van der Waals surface area contributed by atoms with E-state index in [1.54, 1.807) is 30.3 Å². The summed E-state index contributed by atoms with van der Waals surface area (Å²) >= 11 is 11.4. The molecule has 1 aromatic carbocycles. The molecule has 0 amide bonds. The van der Waals surface area contributed by atoms with Gasteiger partial charge < -0.3 is 0 Å². The van der Waals surface area contributed by atoms with Crippen LogP contribution in [-0.4, -0.2) is 24.6 Å². The van der Waals surface area contributed by atoms with Crippen LogP contribution in [0.5, 0.6) is 0 Å². The fraction of sp³-hybridized carbons (Fsp3) is 0.167. The SMILES string of the molecule is FC(F)(F)c1nc2nc(C(Cl)Cl)nc(-c3ccccc3)n2n1. The summed E-state index contributed by atoms with van der Waals surface area (Å²) in [7, 11) is 0. The van der Waals surface area contributed by atoms with Gasteiger partial charge in [0.25, 0.3) is 11.6 Å². The highest BCUT2D eigenvalue weighted by molar-refractivity contribution is 6.43. The zero-order valence-corrected chi connectivity index (χ0v) is 12.1. The van der Waals surface area contributed by atoms with Crippen LogP contribution in [0.25, 0.3) is 17.2 Å². The lowest BCUT2D eigenvalue weighted by atomic mass is 10.2. The molecule has 2 heterocycles. The first-order valence-electron chi connectivity index (χ1n) is 5.92. The molecule has 0 radical (unpaired) electrons. The fourth-order valence-corrected chi connectivity index (χ4v) is 1.99. The van der Waals surface area contributed by atoms with Crippen molar-refractivity contribution >= 4 is 29.0 Å². The minimum absolute atomic E-state index is 0.0455. The van der Waals surface area contributed by atoms with E-state index < -0.39 is 16.8 Å². The van der Waals surface area contributed by atoms with Crippen molar-refractivity contribution in [3.8, 4) is 11.4 Å². The van der Waals surface area contributed by atoms with E-state index >= 15 is 0 Å². The number of fused-ring (bicyclic) bond motifs is 1. The van der Waals surface area contributed by atoms with Crippen LogP contribution in [0.1, 0.15) is 16.5 Å². The summed E-state index contributed by atoms with van der Waals surface area (Å²) in [5.74, 6) is -1.51. The maximum atomic E-state index is 12.8. The van der Waals surface area contributed by atoms with Crippen molar-refractivity contribution in [3.63, 3.8) is 0 Å². The van der Waals surface area contributed by atoms with E-state index in [2.05, 4.69) is 20.1 Å². The van der Waals surface area contributed by atoms with Crippen LogP contribution < -0.4 is 0 Å². The van der Waals surface area contributed by atoms with E-state index in [0.29, 0.717) is 5.56 Å². The fourth-order valence-electron chi connectivity index (χ4n) is 1.79. The van der Waals surface area contributed by atoms with E-state index in [-0.39, 0.29) is 17.4 Å². The van der Waals surface area contributed by atoms with Crippen molar-refractivity contribution in [1.29, 1.82) is 0 Å². The van der Waals surface area contributed by atoms with E-state index in [1.165, 1.54) is 0 Å². The Hall–Kier alpha value is -1.93. The molecule has 3 rings (SSSR count). The second-order valence-electron chi connectivity index (χ2n) is 4.22. The number of hydrogen-bond acceptors (Lipinski definition) is 4. The van der Waals surface area contributed by atoms with Gasteiger partial charge in [0, 0.05) is 5.56 Å². The Morgan fingerprint density at radius 1 is 1.00 bits per heavy atom. The van der Waals surface area contributed by atoms with Crippen molar-refractivity contribution in [2.24, 2.45) is 0 Å². The van der Waals surface area contributed by atoms with Gasteiger partial charge in [0.2, 0.25) is 0 Å². The van der Waals surface area contributed by atoms with Crippen LogP contribution in [0.3, 0.4) is 0 Å². The van der Waals surface area contributed by atoms with Gasteiger partial charge in [-0.25, -0.2) is 4.98 Å². The van der Waals surface area contributed by atoms with E-state index in [9.17, 15) is 13.2 Å². The van der Waals surface area contributed by atoms with Crippen molar-refractivity contribution in [3.05, 3.63) is 42.0 Å². The quantitative estimate of drug-likeness (QED) is 0.663. The van der Waals surface area contributed by atoms with Crippen LogP contribution in [0.2, 0.25) is 0 Å². The molecule has 10 heteroatoms. The maximum Gasteiger partial charge on any atom is 0.453 e. The average molecular weight is 348 g/mol. The predicted molar refractivity (Wildman–Crippen MR) is 73.5 cm³/mol. The molecular formula is C12H6Cl2F3N5. The Morgan fingerprint density at radius 2 is 1.68 bits per heavy atom. The van der Waals surface area contributed by atoms with Crippen LogP contribution in [0, 0.1) is 0 Å². The standard InChI is InChI=1S/C12H6Cl2F3N5/c13-7(14)8-18-9(6-4-2-1-3-5-6)22-11(19-8)20-10(21-22)12(15,16)17/h1-5,7H. The molecule has 0 unspecified atom stereocenters. The zero-order chi connectivity index (χ0) is 15.9. The van der Waals surface area contributed by atoms with E-state index in [0.717, 1.165) is 4.52 Å². The summed E-state index contributed by atoms with van der Waals surface area (Å²) in [4.78, 5) is 10.2. The van der Waals surface area contributed by atoms with Crippen molar-refractivity contribution in [2.75, 3.05) is 0 Å². The number of nitrogens with zero attached hydrogens (tertiary/aromatic N) is 5. The summed E-state index contributed by atoms with van der Waals surface area (Å²) in [5.41, 5.74) is 0.531. The lowest BCUT2D eigenvalue weighted by molar-refractivity contribution is -0.144. The molecule has 0 bridgehead atoms. The van der Waals surface area contributed by atoms with Crippen LogP contribution in [-0.2, 0) is 6.18 Å². The Labute approximate surface area is 131 Å². The summed E-state index contributed by atoms with van der Waals surface area (Å²) in [6.07, 6.45) is -4.69. The molecule has 22 heavy (non-hydrogen) atoms. The molecule has 0 spiro atoms. The van der Waals surface area contributed by atoms with E-state index in [4.69, 9.17) is 23.2 Å². The highest BCUT2D eigenvalue weighted by atomic mass is 35.5. The number of rotatable bonds is 2. The molecule has 2 aromatic heterocycles. The van der Waals surface area contributed by atoms with Gasteiger partial charge in [0.05, 0.1) is 0 Å². The second kappa shape index (κ2) is 5.36. The number of halogens is 5. The molecule has 0 atom stereocenters. The average Bonchev–Trinajstić information content (AvgIpc) is 2.91. The molecule has 3 aromatic rings. The van der Waals surface area contributed by atoms with Gasteiger partial charge in [0.15, 0.2) is 16.5 Å². The molecule has 5 nitrogen and oxygen atoms in total. The van der Waals surface area contributed by atoms with Crippen molar-refractivity contribution in [2.45, 2.75) is 11.0 Å². The highest BCUT2D eigenvalue weighted by Gasteiger charge is 2.37. The Balaban J connectivity index is 2.30. The summed E-state index contributed by atoms with van der Waals surface area (Å²) in [6, 6.07) is 8.51. The van der Waals surface area contributed by atoms with Gasteiger partial charge in [-0.05, 0) is 0 Å². The first-order valence-corrected chi connectivity index (χ1v) is 6.79. The number of benzene rings is 1. The molecular weight excluding hydrogens is 342 g/mol. The van der Waals surface area contributed by atoms with Gasteiger partial charge in [-0.2, -0.15) is 27.7 Å². The lowest BCUT2D eigenvalue weighted by Crippen LogP contribution is -2.08. The minimum atomic E-state index is -4.69. The highest BCUT2D eigenvalue weighted by Crippen LogP contribution is 2.29. The van der Waals surface area contributed by atoms with Crippen molar-refractivity contribution in [1.82, 2.24) is 24.6 Å². The molecule has 0 aliphatic rings. The normalized spacial score (nSPS) is 12.3. The summed E-state index contributed by atoms with van der Waals surface area (Å²) in [5, 5.41) is 3.43. The Bertz CT molecular complexity index is 817. The van der Waals surface area contributed by atoms with Crippen molar-refractivity contribution < 1.29 is 13.2 Å². The largest absolute Gasteiger partial charge is 0.453 e. The van der Waals surface area contributed by atoms with Gasteiger partial charge in [-0.15, -0.1) is 5.10 Å². The third kappa shape index (κ3) is 2.71. The molecule has 0 N–H and O–H groups in total. The smallest absolute Gasteiger partial charge is 0.210 e. The topological polar surface area (TPSA) is 56.0 Å². The molecule has 0 saturated carbocycles. The number of aromatic nitrogens is 5. The van der Waals surface area contributed by atoms with Crippen LogP contribution >= 0.6 is 23.2 Å². The van der Waals surface area contributed by atoms with Crippen LogP contribution in [0.4, 0.5) is 13.2 Å². The van der Waals surface area contributed by atoms with Gasteiger partial charge in [-0.3, -0.25) is 0 Å². The zero-order valence-electron chi connectivity index (χ0n) is 10.6. The minimum Gasteiger partial charge on any atom is -0.210 e. The third-order valence-corrected chi connectivity index (χ3v) is 3.10. The summed E-state index contributed by atoms with van der Waals surface area (Å²) in [6.45, 7) is 0. The molecule has 114 valence electrons. The van der Waals surface area contributed by atoms with Gasteiger partial charge in [0.1, 0.15) is 0 Å².